The summed E-state index contributed by atoms with van der Waals surface area (Å²) in [6.45, 7) is 1.63. The number of carbonyl (C=O) groups excluding carboxylic acids is 2. The maximum atomic E-state index is 13.2. The smallest absolute Gasteiger partial charge is 0.218 e. The third-order valence-electron chi connectivity index (χ3n) is 5.49. The molecule has 32 heavy (non-hydrogen) atoms. The van der Waals surface area contributed by atoms with E-state index in [4.69, 9.17) is 5.11 Å². The van der Waals surface area contributed by atoms with E-state index < -0.39 is 0 Å². The molecule has 4 rings (SSSR count). The molecule has 0 saturated heterocycles. The lowest BCUT2D eigenvalue weighted by molar-refractivity contribution is -0.119. The van der Waals surface area contributed by atoms with Crippen LogP contribution in [0.3, 0.4) is 0 Å². The number of hydrogen-bond acceptors (Lipinski definition) is 6. The molecule has 5 N–H and O–H groups in total. The largest absolute Gasteiger partial charge is 0.396 e. The molecule has 0 radical (unpaired) electrons. The number of hydrogen-bond donors (Lipinski definition) is 5. The fourth-order valence-corrected chi connectivity index (χ4v) is 5.04. The Kier molecular flexibility index (Phi) is 7.02. The van der Waals surface area contributed by atoms with Gasteiger partial charge in [-0.1, -0.05) is 18.2 Å². The maximum Gasteiger partial charge on any atom is 0.218 e. The molecule has 0 spiro atoms. The van der Waals surface area contributed by atoms with Crippen LogP contribution < -0.4 is 16.0 Å². The zero-order valence-corrected chi connectivity index (χ0v) is 18.8. The van der Waals surface area contributed by atoms with Crippen LogP contribution in [0.1, 0.15) is 35.1 Å². The van der Waals surface area contributed by atoms with Crippen LogP contribution in [0.15, 0.2) is 48.7 Å². The highest BCUT2D eigenvalue weighted by Gasteiger charge is 2.32. The number of ketones is 1. The molecule has 0 fully saturated rings. The van der Waals surface area contributed by atoms with Crippen molar-refractivity contribution in [3.8, 4) is 0 Å². The van der Waals surface area contributed by atoms with Gasteiger partial charge in [0.05, 0.1) is 23.6 Å². The Balaban J connectivity index is 1.70. The number of H-pyrrole nitrogens is 1. The number of allylic oxidation sites excluding steroid dienone is 2. The van der Waals surface area contributed by atoms with Gasteiger partial charge >= 0.3 is 0 Å². The van der Waals surface area contributed by atoms with Crippen LogP contribution in [0, 0.1) is 5.92 Å². The quantitative estimate of drug-likeness (QED) is 0.394. The lowest BCUT2D eigenvalue weighted by Crippen LogP contribution is -2.41. The molecule has 7 nitrogen and oxygen atoms in total. The number of aliphatic hydroxyl groups is 1. The first-order valence-electron chi connectivity index (χ1n) is 10.8. The second-order valence-corrected chi connectivity index (χ2v) is 9.17. The number of fused-ring (bicyclic) bond motifs is 1. The summed E-state index contributed by atoms with van der Waals surface area (Å²) in [6, 6.07) is 9.80. The number of aromatic nitrogens is 1. The summed E-state index contributed by atoms with van der Waals surface area (Å²) in [5, 5.41) is 18.5. The molecular weight excluding hydrogens is 424 g/mol. The van der Waals surface area contributed by atoms with Crippen molar-refractivity contribution in [2.45, 2.75) is 25.9 Å². The zero-order chi connectivity index (χ0) is 22.5. The predicted molar refractivity (Wildman–Crippen MR) is 129 cm³/mol. The van der Waals surface area contributed by atoms with Gasteiger partial charge in [0.1, 0.15) is 6.17 Å². The number of amides is 1. The minimum absolute atomic E-state index is 0.124. The fourth-order valence-electron chi connectivity index (χ4n) is 4.17. The third kappa shape index (κ3) is 5.08. The lowest BCUT2D eigenvalue weighted by Gasteiger charge is -2.22. The molecule has 1 aliphatic carbocycles. The summed E-state index contributed by atoms with van der Waals surface area (Å²) < 4.78 is 0. The third-order valence-corrected chi connectivity index (χ3v) is 6.67. The van der Waals surface area contributed by atoms with E-state index in [2.05, 4.69) is 20.9 Å². The van der Waals surface area contributed by atoms with Crippen LogP contribution in [0.4, 0.5) is 11.4 Å². The molecular formula is C24H28N4O3S. The number of rotatable bonds is 8. The monoisotopic (exact) mass is 452 g/mol. The molecule has 1 aromatic carbocycles. The number of Topliss-reactive ketones (excluding diaryl/α,β-unsaturated/α-hetero) is 1. The summed E-state index contributed by atoms with van der Waals surface area (Å²) in [5.41, 5.74) is 5.07. The van der Waals surface area contributed by atoms with Crippen molar-refractivity contribution in [3.63, 3.8) is 0 Å². The van der Waals surface area contributed by atoms with E-state index in [1.165, 1.54) is 6.92 Å². The highest BCUT2D eigenvalue weighted by molar-refractivity contribution is 7.99. The number of anilines is 2. The number of aliphatic hydroxyl groups excluding tert-OH is 1. The molecule has 2 atom stereocenters. The molecule has 2 heterocycles. The number of para-hydroxylation sites is 1. The summed E-state index contributed by atoms with van der Waals surface area (Å²) in [7, 11) is 0. The number of aromatic amines is 1. The van der Waals surface area contributed by atoms with Crippen molar-refractivity contribution in [2.24, 2.45) is 5.92 Å². The molecule has 0 saturated carbocycles. The molecule has 8 heteroatoms. The summed E-state index contributed by atoms with van der Waals surface area (Å²) in [5.74, 6) is 1.77. The molecule has 0 bridgehead atoms. The molecule has 2 aromatic rings. The SMILES string of the molecule is CC(=O)NC1C=C(c2[nH]c3c(c2Nc2ccccc2)C(=O)CC(CSCCO)C3)C=CN1. The number of benzene rings is 1. The Hall–Kier alpha value is -2.97. The van der Waals surface area contributed by atoms with Crippen molar-refractivity contribution in [1.82, 2.24) is 15.6 Å². The van der Waals surface area contributed by atoms with Gasteiger partial charge in [0.15, 0.2) is 5.78 Å². The van der Waals surface area contributed by atoms with Crippen molar-refractivity contribution in [1.29, 1.82) is 0 Å². The molecule has 1 aromatic heterocycles. The van der Waals surface area contributed by atoms with Gasteiger partial charge < -0.3 is 26.0 Å². The van der Waals surface area contributed by atoms with Crippen LogP contribution in [0.25, 0.3) is 5.57 Å². The van der Waals surface area contributed by atoms with Crippen LogP contribution >= 0.6 is 11.8 Å². The summed E-state index contributed by atoms with van der Waals surface area (Å²) >= 11 is 1.68. The Labute approximate surface area is 191 Å². The number of thioether (sulfide) groups is 1. The first-order valence-corrected chi connectivity index (χ1v) is 11.9. The number of carbonyl (C=O) groups is 2. The van der Waals surface area contributed by atoms with Gasteiger partial charge in [-0.25, -0.2) is 0 Å². The van der Waals surface area contributed by atoms with E-state index in [-0.39, 0.29) is 30.4 Å². The Morgan fingerprint density at radius 3 is 2.81 bits per heavy atom. The van der Waals surface area contributed by atoms with Gasteiger partial charge in [-0.05, 0) is 48.6 Å². The summed E-state index contributed by atoms with van der Waals surface area (Å²) in [4.78, 5) is 28.3. The van der Waals surface area contributed by atoms with Crippen LogP contribution in [-0.2, 0) is 11.2 Å². The Morgan fingerprint density at radius 1 is 1.25 bits per heavy atom. The Bertz CT molecular complexity index is 1050. The highest BCUT2D eigenvalue weighted by Crippen LogP contribution is 2.39. The maximum absolute atomic E-state index is 13.2. The average molecular weight is 453 g/mol. The van der Waals surface area contributed by atoms with Gasteiger partial charge in [0.2, 0.25) is 5.91 Å². The fraction of sp³-hybridized carbons (Fsp3) is 0.333. The first-order chi connectivity index (χ1) is 15.5. The van der Waals surface area contributed by atoms with Gasteiger partial charge in [0.25, 0.3) is 0 Å². The van der Waals surface area contributed by atoms with E-state index >= 15 is 0 Å². The van der Waals surface area contributed by atoms with Crippen molar-refractivity contribution in [3.05, 3.63) is 65.6 Å². The van der Waals surface area contributed by atoms with E-state index in [9.17, 15) is 9.59 Å². The van der Waals surface area contributed by atoms with E-state index in [1.54, 1.807) is 18.0 Å². The second-order valence-electron chi connectivity index (χ2n) is 8.02. The van der Waals surface area contributed by atoms with Crippen molar-refractivity contribution < 1.29 is 14.7 Å². The normalized spacial score (nSPS) is 19.7. The summed E-state index contributed by atoms with van der Waals surface area (Å²) in [6.07, 6.45) is 6.64. The molecule has 1 amide bonds. The Morgan fingerprint density at radius 2 is 2.06 bits per heavy atom. The van der Waals surface area contributed by atoms with Crippen molar-refractivity contribution in [2.75, 3.05) is 23.4 Å². The minimum Gasteiger partial charge on any atom is -0.396 e. The second kappa shape index (κ2) is 10.1. The topological polar surface area (TPSA) is 106 Å². The lowest BCUT2D eigenvalue weighted by atomic mass is 9.87. The number of dihydropyridines is 1. The highest BCUT2D eigenvalue weighted by atomic mass is 32.2. The standard InChI is InChI=1S/C24H28N4O3S/c1-15(30)26-21-13-17(7-8-25-21)23-24(27-18-5-3-2-4-6-18)22-19(28-23)11-16(12-20(22)31)14-32-10-9-29/h2-8,13,16,21,25,27-29H,9-12,14H2,1H3,(H,26,30). The molecule has 1 aliphatic heterocycles. The first kappa shape index (κ1) is 22.2. The van der Waals surface area contributed by atoms with Gasteiger partial charge in [-0.2, -0.15) is 11.8 Å². The zero-order valence-electron chi connectivity index (χ0n) is 18.0. The molecule has 2 unspecified atom stereocenters. The molecule has 2 aliphatic rings. The van der Waals surface area contributed by atoms with Crippen molar-refractivity contribution >= 4 is 40.4 Å². The number of nitrogens with one attached hydrogen (secondary N) is 4. The van der Waals surface area contributed by atoms with Gasteiger partial charge in [0, 0.05) is 36.1 Å². The van der Waals surface area contributed by atoms with E-state index in [0.29, 0.717) is 12.2 Å². The predicted octanol–water partition coefficient (Wildman–Crippen LogP) is 3.19. The average Bonchev–Trinajstić information content (AvgIpc) is 3.13. The van der Waals surface area contributed by atoms with E-state index in [1.807, 2.05) is 42.5 Å². The molecule has 168 valence electrons. The van der Waals surface area contributed by atoms with Gasteiger partial charge in [-0.15, -0.1) is 0 Å². The van der Waals surface area contributed by atoms with Gasteiger partial charge in [-0.3, -0.25) is 9.59 Å². The van der Waals surface area contributed by atoms with E-state index in [0.717, 1.165) is 46.1 Å². The van der Waals surface area contributed by atoms with Crippen LogP contribution in [-0.4, -0.2) is 46.1 Å². The van der Waals surface area contributed by atoms with Crippen LogP contribution in [0.2, 0.25) is 0 Å². The van der Waals surface area contributed by atoms with Crippen LogP contribution in [0.5, 0.6) is 0 Å². The minimum atomic E-state index is -0.323.